The van der Waals surface area contributed by atoms with Crippen LogP contribution in [0, 0.1) is 0 Å². The van der Waals surface area contributed by atoms with Crippen LogP contribution in [0.2, 0.25) is 0 Å². The summed E-state index contributed by atoms with van der Waals surface area (Å²) in [5.74, 6) is 0.230. The molecule has 0 saturated heterocycles. The first-order chi connectivity index (χ1) is 12.3. The average molecular weight is 357 g/mol. The molecule has 2 aromatic rings. The van der Waals surface area contributed by atoms with E-state index in [0.717, 1.165) is 5.56 Å². The molecule has 2 rings (SSSR count). The van der Waals surface area contributed by atoms with E-state index in [0.29, 0.717) is 23.7 Å². The van der Waals surface area contributed by atoms with Crippen LogP contribution in [0.1, 0.15) is 36.7 Å². The standard InChI is InChI=1S/C19H23N3O4/c1-19(2,3)26-18(24)21-11-13-5-7-14(8-6-13)17(23)22-15-9-10-16(25-4)20-12-15/h5-10,12H,11H2,1-4H3,(H,21,24)(H,22,23). The lowest BCUT2D eigenvalue weighted by Gasteiger charge is -2.19. The third-order valence-electron chi connectivity index (χ3n) is 3.26. The minimum absolute atomic E-state index is 0.247. The molecular formula is C19H23N3O4. The zero-order valence-corrected chi connectivity index (χ0v) is 15.3. The summed E-state index contributed by atoms with van der Waals surface area (Å²) in [5.41, 5.74) is 1.40. The number of ether oxygens (including phenoxy) is 2. The number of alkyl carbamates (subject to hydrolysis) is 1. The maximum atomic E-state index is 12.2. The molecule has 1 aromatic heterocycles. The van der Waals surface area contributed by atoms with Gasteiger partial charge in [0.25, 0.3) is 5.91 Å². The number of methoxy groups -OCH3 is 1. The number of rotatable bonds is 5. The van der Waals surface area contributed by atoms with Crippen LogP contribution in [0.3, 0.4) is 0 Å². The Morgan fingerprint density at radius 3 is 2.31 bits per heavy atom. The predicted octanol–water partition coefficient (Wildman–Crippen LogP) is 3.37. The number of benzene rings is 1. The number of anilines is 1. The summed E-state index contributed by atoms with van der Waals surface area (Å²) in [7, 11) is 1.53. The van der Waals surface area contributed by atoms with Gasteiger partial charge in [-0.1, -0.05) is 12.1 Å². The molecule has 2 N–H and O–H groups in total. The Morgan fingerprint density at radius 1 is 1.08 bits per heavy atom. The average Bonchev–Trinajstić information content (AvgIpc) is 2.59. The molecular weight excluding hydrogens is 334 g/mol. The first-order valence-electron chi connectivity index (χ1n) is 8.14. The smallest absolute Gasteiger partial charge is 0.407 e. The molecule has 0 fully saturated rings. The second-order valence-electron chi connectivity index (χ2n) is 6.60. The van der Waals surface area contributed by atoms with E-state index in [1.807, 2.05) is 0 Å². The summed E-state index contributed by atoms with van der Waals surface area (Å²) in [6, 6.07) is 10.3. The number of aromatic nitrogens is 1. The van der Waals surface area contributed by atoms with Crippen molar-refractivity contribution in [2.45, 2.75) is 32.9 Å². The van der Waals surface area contributed by atoms with Gasteiger partial charge in [0.2, 0.25) is 5.88 Å². The molecule has 7 nitrogen and oxygen atoms in total. The van der Waals surface area contributed by atoms with E-state index in [2.05, 4.69) is 15.6 Å². The summed E-state index contributed by atoms with van der Waals surface area (Å²) >= 11 is 0. The summed E-state index contributed by atoms with van der Waals surface area (Å²) in [4.78, 5) is 27.9. The van der Waals surface area contributed by atoms with E-state index in [1.54, 1.807) is 57.2 Å². The number of carbonyl (C=O) groups excluding carboxylic acids is 2. The molecule has 0 atom stereocenters. The molecule has 0 spiro atoms. The Kier molecular flexibility index (Phi) is 6.16. The second kappa shape index (κ2) is 8.33. The molecule has 7 heteroatoms. The lowest BCUT2D eigenvalue weighted by Crippen LogP contribution is -2.32. The van der Waals surface area contributed by atoms with Crippen LogP contribution in [0.25, 0.3) is 0 Å². The summed E-state index contributed by atoms with van der Waals surface area (Å²) < 4.78 is 10.2. The third kappa shape index (κ3) is 6.08. The lowest BCUT2D eigenvalue weighted by molar-refractivity contribution is 0.0523. The van der Waals surface area contributed by atoms with Crippen molar-refractivity contribution in [3.63, 3.8) is 0 Å². The van der Waals surface area contributed by atoms with Crippen molar-refractivity contribution in [1.29, 1.82) is 0 Å². The van der Waals surface area contributed by atoms with E-state index < -0.39 is 11.7 Å². The van der Waals surface area contributed by atoms with Gasteiger partial charge >= 0.3 is 6.09 Å². The quantitative estimate of drug-likeness (QED) is 0.856. The van der Waals surface area contributed by atoms with Gasteiger partial charge in [0.15, 0.2) is 0 Å². The van der Waals surface area contributed by atoms with Gasteiger partial charge in [-0.2, -0.15) is 0 Å². The van der Waals surface area contributed by atoms with E-state index in [9.17, 15) is 9.59 Å². The zero-order valence-electron chi connectivity index (χ0n) is 15.3. The molecule has 0 radical (unpaired) electrons. The van der Waals surface area contributed by atoms with Crippen molar-refractivity contribution in [1.82, 2.24) is 10.3 Å². The first kappa shape index (κ1) is 19.2. The molecule has 0 bridgehead atoms. The number of hydrogen-bond donors (Lipinski definition) is 2. The zero-order chi connectivity index (χ0) is 19.2. The van der Waals surface area contributed by atoms with Gasteiger partial charge in [-0.3, -0.25) is 4.79 Å². The highest BCUT2D eigenvalue weighted by atomic mass is 16.6. The van der Waals surface area contributed by atoms with Gasteiger partial charge in [0, 0.05) is 18.2 Å². The topological polar surface area (TPSA) is 89.6 Å². The SMILES string of the molecule is COc1ccc(NC(=O)c2ccc(CNC(=O)OC(C)(C)C)cc2)cn1. The number of carbonyl (C=O) groups is 2. The fraction of sp³-hybridized carbons (Fsp3) is 0.316. The Balaban J connectivity index is 1.89. The van der Waals surface area contributed by atoms with Gasteiger partial charge in [0.1, 0.15) is 5.60 Å². The van der Waals surface area contributed by atoms with Crippen LogP contribution < -0.4 is 15.4 Å². The monoisotopic (exact) mass is 357 g/mol. The Hall–Kier alpha value is -3.09. The normalized spacial score (nSPS) is 10.8. The highest BCUT2D eigenvalue weighted by Crippen LogP contribution is 2.13. The van der Waals surface area contributed by atoms with Crippen molar-refractivity contribution >= 4 is 17.7 Å². The van der Waals surface area contributed by atoms with Crippen LogP contribution in [0.5, 0.6) is 5.88 Å². The predicted molar refractivity (Wildman–Crippen MR) is 98.3 cm³/mol. The Morgan fingerprint density at radius 2 is 1.77 bits per heavy atom. The van der Waals surface area contributed by atoms with Gasteiger partial charge in [0.05, 0.1) is 19.0 Å². The summed E-state index contributed by atoms with van der Waals surface area (Å²) in [6.07, 6.45) is 1.04. The van der Waals surface area contributed by atoms with Gasteiger partial charge in [-0.15, -0.1) is 0 Å². The number of nitrogens with zero attached hydrogens (tertiary/aromatic N) is 1. The molecule has 138 valence electrons. The van der Waals surface area contributed by atoms with Crippen LogP contribution in [0.4, 0.5) is 10.5 Å². The summed E-state index contributed by atoms with van der Waals surface area (Å²) in [6.45, 7) is 5.73. The van der Waals surface area contributed by atoms with E-state index in [-0.39, 0.29) is 5.91 Å². The minimum Gasteiger partial charge on any atom is -0.481 e. The minimum atomic E-state index is -0.539. The van der Waals surface area contributed by atoms with Crippen molar-refractivity contribution < 1.29 is 19.1 Å². The second-order valence-corrected chi connectivity index (χ2v) is 6.60. The fourth-order valence-electron chi connectivity index (χ4n) is 2.04. The molecule has 0 unspecified atom stereocenters. The largest absolute Gasteiger partial charge is 0.481 e. The van der Waals surface area contributed by atoms with Crippen LogP contribution >= 0.6 is 0 Å². The van der Waals surface area contributed by atoms with Crippen molar-refractivity contribution in [3.8, 4) is 5.88 Å². The van der Waals surface area contributed by atoms with E-state index >= 15 is 0 Å². The van der Waals surface area contributed by atoms with Gasteiger partial charge in [-0.05, 0) is 44.5 Å². The number of hydrogen-bond acceptors (Lipinski definition) is 5. The molecule has 26 heavy (non-hydrogen) atoms. The summed E-state index contributed by atoms with van der Waals surface area (Å²) in [5, 5.41) is 5.43. The van der Waals surface area contributed by atoms with Gasteiger partial charge in [-0.25, -0.2) is 9.78 Å². The lowest BCUT2D eigenvalue weighted by atomic mass is 10.1. The molecule has 1 heterocycles. The van der Waals surface area contributed by atoms with Gasteiger partial charge < -0.3 is 20.1 Å². The van der Waals surface area contributed by atoms with Crippen molar-refractivity contribution in [3.05, 3.63) is 53.7 Å². The highest BCUT2D eigenvalue weighted by Gasteiger charge is 2.15. The number of pyridine rings is 1. The van der Waals surface area contributed by atoms with Crippen LogP contribution in [-0.2, 0) is 11.3 Å². The number of nitrogens with one attached hydrogen (secondary N) is 2. The molecule has 0 saturated carbocycles. The maximum absolute atomic E-state index is 12.2. The molecule has 2 amide bonds. The first-order valence-corrected chi connectivity index (χ1v) is 8.14. The molecule has 0 aliphatic rings. The number of amides is 2. The van der Waals surface area contributed by atoms with Crippen molar-refractivity contribution in [2.24, 2.45) is 0 Å². The van der Waals surface area contributed by atoms with E-state index in [4.69, 9.17) is 9.47 Å². The molecule has 1 aromatic carbocycles. The highest BCUT2D eigenvalue weighted by molar-refractivity contribution is 6.04. The third-order valence-corrected chi connectivity index (χ3v) is 3.26. The van der Waals surface area contributed by atoms with Crippen LogP contribution in [0.15, 0.2) is 42.6 Å². The Bertz CT molecular complexity index is 750. The maximum Gasteiger partial charge on any atom is 0.407 e. The Labute approximate surface area is 152 Å². The van der Waals surface area contributed by atoms with E-state index in [1.165, 1.54) is 13.3 Å². The van der Waals surface area contributed by atoms with Crippen LogP contribution in [-0.4, -0.2) is 29.7 Å². The molecule has 0 aliphatic carbocycles. The van der Waals surface area contributed by atoms with Crippen molar-refractivity contribution in [2.75, 3.05) is 12.4 Å². The molecule has 0 aliphatic heterocycles. The fourth-order valence-corrected chi connectivity index (χ4v) is 2.04.